The highest BCUT2D eigenvalue weighted by atomic mass is 32.2. The van der Waals surface area contributed by atoms with Gasteiger partial charge in [-0.15, -0.1) is 0 Å². The fourth-order valence-electron chi connectivity index (χ4n) is 3.15. The quantitative estimate of drug-likeness (QED) is 0.822. The Labute approximate surface area is 148 Å². The molecule has 0 aliphatic carbocycles. The van der Waals surface area contributed by atoms with Crippen LogP contribution in [0.2, 0.25) is 0 Å². The van der Waals surface area contributed by atoms with Crippen LogP contribution in [0.1, 0.15) is 36.9 Å². The topological polar surface area (TPSA) is 70.4 Å². The monoisotopic (exact) mass is 356 g/mol. The van der Waals surface area contributed by atoms with E-state index < -0.39 is 10.0 Å². The summed E-state index contributed by atoms with van der Waals surface area (Å²) < 4.78 is 33.0. The smallest absolute Gasteiger partial charge is 0.243 e. The van der Waals surface area contributed by atoms with Crippen molar-refractivity contribution < 1.29 is 13.2 Å². The van der Waals surface area contributed by atoms with Gasteiger partial charge in [-0.1, -0.05) is 12.1 Å². The first kappa shape index (κ1) is 17.5. The number of benzene rings is 2. The lowest BCUT2D eigenvalue weighted by Crippen LogP contribution is -2.30. The molecule has 0 bridgehead atoms. The molecule has 3 rings (SSSR count). The van der Waals surface area contributed by atoms with Crippen LogP contribution in [0, 0.1) is 11.3 Å². The zero-order valence-corrected chi connectivity index (χ0v) is 14.9. The molecule has 1 atom stereocenters. The van der Waals surface area contributed by atoms with Gasteiger partial charge in [-0.25, -0.2) is 8.42 Å². The summed E-state index contributed by atoms with van der Waals surface area (Å²) in [6.45, 7) is 3.03. The van der Waals surface area contributed by atoms with Gasteiger partial charge in [0.15, 0.2) is 0 Å². The molecule has 1 aliphatic rings. The summed E-state index contributed by atoms with van der Waals surface area (Å²) in [4.78, 5) is 0.226. The standard InChI is InChI=1S/C19H20N2O3S/c1-2-24-17-9-7-16(8-10-17)19-4-3-13-21(19)25(22,23)18-11-5-15(14-20)6-12-18/h5-12,19H,2-4,13H2,1H3. The molecular formula is C19H20N2O3S. The number of nitrogens with zero attached hydrogens (tertiary/aromatic N) is 2. The van der Waals surface area contributed by atoms with E-state index in [4.69, 9.17) is 10.00 Å². The molecule has 5 nitrogen and oxygen atoms in total. The number of sulfonamides is 1. The fourth-order valence-corrected chi connectivity index (χ4v) is 4.83. The summed E-state index contributed by atoms with van der Waals surface area (Å²) in [5.74, 6) is 0.783. The first-order valence-corrected chi connectivity index (χ1v) is 9.75. The summed E-state index contributed by atoms with van der Waals surface area (Å²) in [7, 11) is -3.59. The Bertz CT molecular complexity index is 868. The number of ether oxygens (including phenoxy) is 1. The molecule has 1 unspecified atom stereocenters. The van der Waals surface area contributed by atoms with Gasteiger partial charge >= 0.3 is 0 Å². The molecule has 1 fully saturated rings. The molecule has 6 heteroatoms. The van der Waals surface area contributed by atoms with E-state index in [0.717, 1.165) is 24.2 Å². The van der Waals surface area contributed by atoms with Crippen molar-refractivity contribution in [2.45, 2.75) is 30.7 Å². The molecule has 0 aromatic heterocycles. The number of hydrogen-bond acceptors (Lipinski definition) is 4. The summed E-state index contributed by atoms with van der Waals surface area (Å²) >= 11 is 0. The van der Waals surface area contributed by atoms with Crippen molar-refractivity contribution in [2.24, 2.45) is 0 Å². The Morgan fingerprint density at radius 3 is 2.44 bits per heavy atom. The van der Waals surface area contributed by atoms with E-state index in [0.29, 0.717) is 18.7 Å². The minimum atomic E-state index is -3.59. The summed E-state index contributed by atoms with van der Waals surface area (Å²) in [5.41, 5.74) is 1.42. The van der Waals surface area contributed by atoms with Gasteiger partial charge in [-0.2, -0.15) is 9.57 Å². The maximum absolute atomic E-state index is 13.0. The molecule has 1 saturated heterocycles. The number of nitriles is 1. The second kappa shape index (κ2) is 7.26. The third-order valence-electron chi connectivity index (χ3n) is 4.37. The highest BCUT2D eigenvalue weighted by Gasteiger charge is 2.36. The van der Waals surface area contributed by atoms with E-state index in [2.05, 4.69) is 0 Å². The van der Waals surface area contributed by atoms with Crippen LogP contribution in [0.25, 0.3) is 0 Å². The first-order chi connectivity index (χ1) is 12.1. The van der Waals surface area contributed by atoms with Crippen LogP contribution in [0.15, 0.2) is 53.4 Å². The van der Waals surface area contributed by atoms with E-state index >= 15 is 0 Å². The molecule has 1 heterocycles. The largest absolute Gasteiger partial charge is 0.494 e. The predicted octanol–water partition coefficient (Wildman–Crippen LogP) is 3.48. The second-order valence-corrected chi connectivity index (χ2v) is 7.80. The summed E-state index contributed by atoms with van der Waals surface area (Å²) in [6.07, 6.45) is 1.62. The van der Waals surface area contributed by atoms with Gasteiger partial charge in [-0.3, -0.25) is 0 Å². The van der Waals surface area contributed by atoms with Crippen molar-refractivity contribution in [1.82, 2.24) is 4.31 Å². The number of rotatable bonds is 5. The van der Waals surface area contributed by atoms with Gasteiger partial charge in [0, 0.05) is 6.54 Å². The van der Waals surface area contributed by atoms with Gasteiger partial charge in [0.1, 0.15) is 5.75 Å². The van der Waals surface area contributed by atoms with E-state index in [9.17, 15) is 8.42 Å². The van der Waals surface area contributed by atoms with Crippen molar-refractivity contribution in [3.05, 3.63) is 59.7 Å². The van der Waals surface area contributed by atoms with Crippen LogP contribution in [0.3, 0.4) is 0 Å². The average molecular weight is 356 g/mol. The molecular weight excluding hydrogens is 336 g/mol. The van der Waals surface area contributed by atoms with Gasteiger partial charge < -0.3 is 4.74 Å². The molecule has 1 aliphatic heterocycles. The Kier molecular flexibility index (Phi) is 5.07. The fraction of sp³-hybridized carbons (Fsp3) is 0.316. The minimum absolute atomic E-state index is 0.170. The van der Waals surface area contributed by atoms with Gasteiger partial charge in [0.05, 0.1) is 29.2 Å². The average Bonchev–Trinajstić information content (AvgIpc) is 3.13. The van der Waals surface area contributed by atoms with E-state index in [-0.39, 0.29) is 10.9 Å². The minimum Gasteiger partial charge on any atom is -0.494 e. The molecule has 2 aromatic rings. The van der Waals surface area contributed by atoms with Crippen LogP contribution >= 0.6 is 0 Å². The predicted molar refractivity (Wildman–Crippen MR) is 94.6 cm³/mol. The highest BCUT2D eigenvalue weighted by molar-refractivity contribution is 7.89. The number of hydrogen-bond donors (Lipinski definition) is 0. The van der Waals surface area contributed by atoms with E-state index in [1.54, 1.807) is 4.31 Å². The van der Waals surface area contributed by atoms with Crippen molar-refractivity contribution in [3.63, 3.8) is 0 Å². The summed E-state index contributed by atoms with van der Waals surface area (Å²) in [6, 6.07) is 15.5. The normalized spacial score (nSPS) is 18.0. The highest BCUT2D eigenvalue weighted by Crippen LogP contribution is 2.37. The van der Waals surface area contributed by atoms with E-state index in [1.807, 2.05) is 37.3 Å². The van der Waals surface area contributed by atoms with Crippen molar-refractivity contribution in [3.8, 4) is 11.8 Å². The Morgan fingerprint density at radius 1 is 1.16 bits per heavy atom. The SMILES string of the molecule is CCOc1ccc(C2CCCN2S(=O)(=O)c2ccc(C#N)cc2)cc1. The van der Waals surface area contributed by atoms with Crippen molar-refractivity contribution in [1.29, 1.82) is 5.26 Å². The van der Waals surface area contributed by atoms with Crippen LogP contribution in [0.4, 0.5) is 0 Å². The Hall–Kier alpha value is -2.36. The second-order valence-electron chi connectivity index (χ2n) is 5.91. The third-order valence-corrected chi connectivity index (χ3v) is 6.29. The van der Waals surface area contributed by atoms with Gasteiger partial charge in [0.25, 0.3) is 0 Å². The molecule has 2 aromatic carbocycles. The molecule has 0 N–H and O–H groups in total. The molecule has 130 valence electrons. The van der Waals surface area contributed by atoms with Gasteiger partial charge in [-0.05, 0) is 61.7 Å². The van der Waals surface area contributed by atoms with Crippen molar-refractivity contribution >= 4 is 10.0 Å². The summed E-state index contributed by atoms with van der Waals surface area (Å²) in [5, 5.41) is 8.87. The molecule has 0 saturated carbocycles. The lowest BCUT2D eigenvalue weighted by Gasteiger charge is -2.24. The zero-order chi connectivity index (χ0) is 17.9. The van der Waals surface area contributed by atoms with E-state index in [1.165, 1.54) is 24.3 Å². The van der Waals surface area contributed by atoms with Crippen LogP contribution in [0.5, 0.6) is 5.75 Å². The van der Waals surface area contributed by atoms with Crippen molar-refractivity contribution in [2.75, 3.05) is 13.2 Å². The lowest BCUT2D eigenvalue weighted by molar-refractivity contribution is 0.339. The Morgan fingerprint density at radius 2 is 1.84 bits per heavy atom. The molecule has 0 amide bonds. The third kappa shape index (κ3) is 3.53. The van der Waals surface area contributed by atoms with Crippen LogP contribution < -0.4 is 4.74 Å². The lowest BCUT2D eigenvalue weighted by atomic mass is 10.1. The molecule has 0 radical (unpaired) electrons. The molecule has 25 heavy (non-hydrogen) atoms. The zero-order valence-electron chi connectivity index (χ0n) is 14.1. The van der Waals surface area contributed by atoms with Crippen LogP contribution in [-0.4, -0.2) is 25.9 Å². The Balaban J connectivity index is 1.88. The maximum atomic E-state index is 13.0. The van der Waals surface area contributed by atoms with Crippen LogP contribution in [-0.2, 0) is 10.0 Å². The van der Waals surface area contributed by atoms with Gasteiger partial charge in [0.2, 0.25) is 10.0 Å². The maximum Gasteiger partial charge on any atom is 0.243 e. The molecule has 0 spiro atoms. The first-order valence-electron chi connectivity index (χ1n) is 8.31.